The Morgan fingerprint density at radius 3 is 1.27 bits per heavy atom. The van der Waals surface area contributed by atoms with E-state index in [1.54, 1.807) is 0 Å². The molecule has 9 nitrogen and oxygen atoms in total. The second-order valence-electron chi connectivity index (χ2n) is 1.62. The number of hydrogen-bond acceptors (Lipinski definition) is 5. The van der Waals surface area contributed by atoms with Gasteiger partial charge in [-0.15, -0.1) is 12.4 Å². The van der Waals surface area contributed by atoms with Crippen molar-refractivity contribution in [3.8, 4) is 0 Å². The zero-order chi connectivity index (χ0) is 14.0. The van der Waals surface area contributed by atoms with Crippen LogP contribution in [0.2, 0.25) is 0 Å². The maximum absolute atomic E-state index is 9.74. The van der Waals surface area contributed by atoms with Crippen LogP contribution in [0.4, 0.5) is 0 Å². The quantitative estimate of drug-likeness (QED) is 0.149. The van der Waals surface area contributed by atoms with Gasteiger partial charge in [0.25, 0.3) is 0 Å². The van der Waals surface area contributed by atoms with Crippen LogP contribution in [0.15, 0.2) is 0 Å². The molecule has 0 spiro atoms. The van der Waals surface area contributed by atoms with E-state index in [4.69, 9.17) is 40.1 Å². The summed E-state index contributed by atoms with van der Waals surface area (Å²) in [6, 6.07) is 0. The fourth-order valence-corrected chi connectivity index (χ4v) is 0.502. The molecule has 0 amide bonds. The Hall–Kier alpha value is 8.30. The molecule has 20 heteroatoms. The first-order valence-corrected chi connectivity index (χ1v) is 11.9. The molecule has 0 fully saturated rings. The number of rotatable bonds is 1. The Bertz CT molecular complexity index is 341. The van der Waals surface area contributed by atoms with Gasteiger partial charge in [-0.05, 0) is 0 Å². The van der Waals surface area contributed by atoms with Gasteiger partial charge in [-0.3, -0.25) is 23.7 Å². The van der Waals surface area contributed by atoms with Gasteiger partial charge < -0.3 is 4.52 Å². The summed E-state index contributed by atoms with van der Waals surface area (Å²) in [5.74, 6) is -0.988. The van der Waals surface area contributed by atoms with E-state index in [1.165, 1.54) is 0 Å². The van der Waals surface area contributed by atoms with Crippen molar-refractivity contribution in [3.05, 3.63) is 0 Å². The predicted molar refractivity (Wildman–Crippen MR) is 99.8 cm³/mol. The molecular weight excluding hydrogens is 542 g/mol. The third-order valence-corrected chi connectivity index (χ3v) is 0.742. The molecule has 0 aliphatic carbocycles. The monoisotopic (exact) mass is 554 g/mol. The number of carbonyl (C=O) groups excluding carboxylic acids is 1. The van der Waals surface area contributed by atoms with E-state index in [2.05, 4.69) is 4.52 Å². The van der Waals surface area contributed by atoms with E-state index in [-0.39, 0.29) is 219 Å². The van der Waals surface area contributed by atoms with Crippen LogP contribution in [0.5, 0.6) is 0 Å². The zero-order valence-corrected chi connectivity index (χ0v) is 14.3. The second-order valence-corrected chi connectivity index (χ2v) is 7.33. The topological polar surface area (TPSA) is 158 Å². The Balaban J connectivity index is -0.0000000156. The number of phosphoric ester groups is 1. The summed E-state index contributed by atoms with van der Waals surface area (Å²) in [6.45, 7) is 0.916. The molecule has 0 saturated heterocycles. The van der Waals surface area contributed by atoms with Crippen LogP contribution in [0.3, 0.4) is 0 Å². The van der Waals surface area contributed by atoms with E-state index < -0.39 is 55.0 Å². The van der Waals surface area contributed by atoms with Gasteiger partial charge in [0.05, 0.1) is 0 Å². The zero-order valence-electron chi connectivity index (χ0n) is 8.06. The van der Waals surface area contributed by atoms with Crippen molar-refractivity contribution in [1.29, 1.82) is 0 Å². The summed E-state index contributed by atoms with van der Waals surface area (Å²) in [4.78, 5) is 25.5. The summed E-state index contributed by atoms with van der Waals surface area (Å²) in [7, 11) is -9.24. The van der Waals surface area contributed by atoms with E-state index >= 15 is 0 Å². The maximum atomic E-state index is 9.74. The minimum atomic E-state index is -4.67. The van der Waals surface area contributed by atoms with Gasteiger partial charge in [-0.1, -0.05) is 0 Å². The molecule has 0 aromatic heterocycles. The second kappa shape index (κ2) is 36.7. The molecule has 0 aromatic carbocycles. The fourth-order valence-electron chi connectivity index (χ4n) is 0.167. The van der Waals surface area contributed by atoms with E-state index in [9.17, 15) is 9.36 Å². The number of halogens is 3. The van der Waals surface area contributed by atoms with Crippen molar-refractivity contribution in [1.82, 2.24) is 0 Å². The Kier molecular flexibility index (Phi) is 95.5. The molecule has 4 N–H and O–H groups in total. The molecule has 0 heterocycles. The molecule has 116 valence electrons. The normalized spacial score (nSPS) is 7.05. The van der Waals surface area contributed by atoms with Crippen molar-refractivity contribution < 1.29 is 41.2 Å². The summed E-state index contributed by atoms with van der Waals surface area (Å²) in [5.41, 5.74) is 0. The molecule has 0 unspecified atom stereocenters. The predicted octanol–water partition coefficient (Wildman–Crippen LogP) is -3.10. The van der Waals surface area contributed by atoms with Crippen molar-refractivity contribution in [2.75, 3.05) is 0 Å². The Morgan fingerprint density at radius 2 is 1.27 bits per heavy atom. The molecule has 0 bridgehead atoms. The summed E-state index contributed by atoms with van der Waals surface area (Å²) in [6.07, 6.45) is 9.90. The molecule has 0 aliphatic heterocycles. The minimum absolute atomic E-state index is 0. The third kappa shape index (κ3) is 119. The van der Waals surface area contributed by atoms with Gasteiger partial charge >= 0.3 is 275 Å². The van der Waals surface area contributed by atoms with Crippen LogP contribution < -0.4 is 0 Å². The number of phosphoric acid groups is 1. The van der Waals surface area contributed by atoms with E-state index in [1.807, 2.05) is 0 Å². The van der Waals surface area contributed by atoms with Crippen LogP contribution in [-0.2, 0) is 24.3 Å². The summed E-state index contributed by atoms with van der Waals surface area (Å²) in [5, 5.41) is 0. The molecule has 0 atom stereocenters. The third-order valence-electron chi connectivity index (χ3n) is 0.247. The first-order chi connectivity index (χ1) is 6.83. The van der Waals surface area contributed by atoms with Gasteiger partial charge in [0.2, 0.25) is 0 Å². The fraction of sp³-hybridized carbons (Fsp3) is 0.500. The molecule has 0 rings (SSSR count). The Labute approximate surface area is 324 Å². The van der Waals surface area contributed by atoms with Crippen molar-refractivity contribution in [2.45, 2.75) is 6.92 Å². The molecule has 0 radical (unpaired) electrons. The average molecular weight is 556 g/mol. The van der Waals surface area contributed by atoms with Crippen LogP contribution in [0, 0.1) is 0 Å². The number of hydrogen-bond donors (Lipinski definition) is 4. The molecule has 22 heavy (non-hydrogen) atoms. The van der Waals surface area contributed by atoms with Crippen LogP contribution in [-0.4, -0.2) is 271 Å². The van der Waals surface area contributed by atoms with Gasteiger partial charge in [0.15, 0.2) is 0 Å². The number of carbonyl (C=O) groups is 1. The summed E-state index contributed by atoms with van der Waals surface area (Å²) >= 11 is -0.931. The first-order valence-electron chi connectivity index (χ1n) is 2.91. The van der Waals surface area contributed by atoms with Gasteiger partial charge in [-0.2, -0.15) is 8.42 Å². The van der Waals surface area contributed by atoms with Crippen LogP contribution in [0.1, 0.15) is 6.92 Å². The Morgan fingerprint density at radius 1 is 1.14 bits per heavy atom. The molecule has 0 aliphatic rings. The standard InChI is InChI=1S/C2H5O5P.Ca.3ClH.3K.Mg.Na.H2O4S.6H/c1-2(3)7-8(4,5)6;;;;;;;;;;1-5(2,3)4;;;;;;/h1H3,(H2,4,5,6);;3*1H;;;;;;(H2,1,2,3,4);;;;;;/q;+2;;;;;;;;;;;;;;;/p-2. The molecule has 0 saturated carbocycles. The summed E-state index contributed by atoms with van der Waals surface area (Å²) < 4.78 is 44.7. The first kappa shape index (κ1) is 57.3. The van der Waals surface area contributed by atoms with Crippen LogP contribution >= 0.6 is 33.0 Å². The van der Waals surface area contributed by atoms with E-state index in [0.717, 1.165) is 6.92 Å². The molecular formula is C2H14CaCl3K3MgNaO9PS. The van der Waals surface area contributed by atoms with Crippen LogP contribution in [0.25, 0.3) is 0 Å². The average Bonchev–Trinajstić information content (AvgIpc) is 1.76. The van der Waals surface area contributed by atoms with Gasteiger partial charge in [0.1, 0.15) is 0 Å². The van der Waals surface area contributed by atoms with Crippen molar-refractivity contribution >= 4 is 287 Å². The van der Waals surface area contributed by atoms with Gasteiger partial charge in [0, 0.05) is 6.92 Å². The van der Waals surface area contributed by atoms with Crippen molar-refractivity contribution in [3.63, 3.8) is 0 Å². The van der Waals surface area contributed by atoms with Crippen molar-refractivity contribution in [2.24, 2.45) is 0 Å². The molecule has 0 aromatic rings. The van der Waals surface area contributed by atoms with E-state index in [0.29, 0.717) is 0 Å². The SMILES string of the molecule is CC(=O)OP(=O)(O)O.Cl.O=S(=O)(O)O.[Cl][Ca][Cl].[KH].[KH].[KH].[MgH2].[NaH]. The van der Waals surface area contributed by atoms with Gasteiger partial charge in [-0.25, -0.2) is 4.57 Å².